The number of methoxy groups -OCH3 is 1. The molecule has 0 atom stereocenters. The number of hydrogen-bond acceptors (Lipinski definition) is 3. The van der Waals surface area contributed by atoms with Crippen molar-refractivity contribution in [2.24, 2.45) is 5.73 Å². The molecule has 1 aromatic heterocycles. The maximum atomic E-state index is 10.4. The van der Waals surface area contributed by atoms with E-state index in [1.165, 1.54) is 6.08 Å². The van der Waals surface area contributed by atoms with Gasteiger partial charge in [0.15, 0.2) is 0 Å². The summed E-state index contributed by atoms with van der Waals surface area (Å²) in [6.45, 7) is 0. The second kappa shape index (κ2) is 4.25. The topological polar surface area (TPSA) is 65.2 Å². The molecule has 0 fully saturated rings. The van der Waals surface area contributed by atoms with E-state index in [0.29, 0.717) is 5.75 Å². The third kappa shape index (κ3) is 2.94. The number of aromatic nitrogens is 1. The summed E-state index contributed by atoms with van der Waals surface area (Å²) in [5.41, 5.74) is 5.71. The van der Waals surface area contributed by atoms with Crippen LogP contribution in [0.3, 0.4) is 0 Å². The van der Waals surface area contributed by atoms with Crippen LogP contribution in [0.4, 0.5) is 0 Å². The second-order valence-corrected chi connectivity index (χ2v) is 2.39. The number of pyridine rings is 1. The molecule has 1 rings (SSSR count). The highest BCUT2D eigenvalue weighted by molar-refractivity contribution is 5.90. The van der Waals surface area contributed by atoms with Crippen molar-refractivity contribution in [1.82, 2.24) is 4.98 Å². The van der Waals surface area contributed by atoms with Crippen molar-refractivity contribution in [3.8, 4) is 5.75 Å². The molecule has 0 radical (unpaired) electrons. The van der Waals surface area contributed by atoms with Crippen LogP contribution in [0.1, 0.15) is 5.56 Å². The van der Waals surface area contributed by atoms with Gasteiger partial charge in [-0.2, -0.15) is 0 Å². The molecule has 0 unspecified atom stereocenters. The maximum Gasteiger partial charge on any atom is 0.241 e. The quantitative estimate of drug-likeness (QED) is 0.689. The smallest absolute Gasteiger partial charge is 0.241 e. The summed E-state index contributed by atoms with van der Waals surface area (Å²) >= 11 is 0. The molecule has 0 saturated heterocycles. The van der Waals surface area contributed by atoms with Crippen molar-refractivity contribution in [3.63, 3.8) is 0 Å². The number of nitrogens with zero attached hydrogens (tertiary/aromatic N) is 1. The number of ether oxygens (including phenoxy) is 1. The molecule has 68 valence electrons. The maximum absolute atomic E-state index is 10.4. The summed E-state index contributed by atoms with van der Waals surface area (Å²) in [6.07, 6.45) is 6.05. The molecular formula is C9H10N2O2. The highest BCUT2D eigenvalue weighted by Crippen LogP contribution is 2.10. The van der Waals surface area contributed by atoms with Crippen LogP contribution in [0, 0.1) is 0 Å². The molecule has 4 nitrogen and oxygen atoms in total. The largest absolute Gasteiger partial charge is 0.495 e. The molecule has 0 aliphatic carbocycles. The zero-order valence-corrected chi connectivity index (χ0v) is 7.23. The molecule has 1 aromatic rings. The summed E-state index contributed by atoms with van der Waals surface area (Å²) in [5, 5.41) is 0. The van der Waals surface area contributed by atoms with Crippen LogP contribution in [-0.2, 0) is 4.79 Å². The van der Waals surface area contributed by atoms with Crippen LogP contribution in [0.2, 0.25) is 0 Å². The predicted molar refractivity (Wildman–Crippen MR) is 49.0 cm³/mol. The van der Waals surface area contributed by atoms with Crippen molar-refractivity contribution in [2.45, 2.75) is 0 Å². The zero-order valence-electron chi connectivity index (χ0n) is 7.23. The number of rotatable bonds is 3. The molecule has 0 spiro atoms. The van der Waals surface area contributed by atoms with E-state index in [4.69, 9.17) is 10.5 Å². The Kier molecular flexibility index (Phi) is 3.03. The van der Waals surface area contributed by atoms with E-state index < -0.39 is 5.91 Å². The Morgan fingerprint density at radius 3 is 3.00 bits per heavy atom. The lowest BCUT2D eigenvalue weighted by atomic mass is 10.2. The number of carbonyl (C=O) groups is 1. The van der Waals surface area contributed by atoms with Gasteiger partial charge in [-0.15, -0.1) is 0 Å². The van der Waals surface area contributed by atoms with Gasteiger partial charge in [0.2, 0.25) is 5.91 Å². The molecule has 1 amide bonds. The number of primary amides is 1. The van der Waals surface area contributed by atoms with Crippen molar-refractivity contribution < 1.29 is 9.53 Å². The lowest BCUT2D eigenvalue weighted by Crippen LogP contribution is -2.05. The van der Waals surface area contributed by atoms with Crippen LogP contribution in [-0.4, -0.2) is 18.0 Å². The third-order valence-electron chi connectivity index (χ3n) is 1.41. The van der Waals surface area contributed by atoms with Crippen molar-refractivity contribution in [3.05, 3.63) is 30.1 Å². The predicted octanol–water partition coefficient (Wildman–Crippen LogP) is 0.589. The summed E-state index contributed by atoms with van der Waals surface area (Å²) in [5.74, 6) is 0.162. The van der Waals surface area contributed by atoms with Gasteiger partial charge in [0.1, 0.15) is 5.75 Å². The molecule has 0 aliphatic heterocycles. The SMILES string of the molecule is COc1cncc(/C=C/C(N)=O)c1. The first kappa shape index (κ1) is 9.25. The Morgan fingerprint density at radius 2 is 2.38 bits per heavy atom. The molecule has 4 heteroatoms. The van der Waals surface area contributed by atoms with E-state index in [-0.39, 0.29) is 0 Å². The van der Waals surface area contributed by atoms with Gasteiger partial charge >= 0.3 is 0 Å². The average molecular weight is 178 g/mol. The van der Waals surface area contributed by atoms with Crippen molar-refractivity contribution >= 4 is 12.0 Å². The van der Waals surface area contributed by atoms with E-state index in [1.54, 1.807) is 31.6 Å². The minimum Gasteiger partial charge on any atom is -0.495 e. The molecule has 13 heavy (non-hydrogen) atoms. The summed E-state index contributed by atoms with van der Waals surface area (Å²) < 4.78 is 4.95. The number of hydrogen-bond donors (Lipinski definition) is 1. The average Bonchev–Trinajstić information content (AvgIpc) is 2.15. The Bertz CT molecular complexity index is 334. The van der Waals surface area contributed by atoms with Gasteiger partial charge < -0.3 is 10.5 Å². The van der Waals surface area contributed by atoms with Crippen molar-refractivity contribution in [1.29, 1.82) is 0 Å². The van der Waals surface area contributed by atoms with E-state index in [1.807, 2.05) is 0 Å². The Hall–Kier alpha value is -1.84. The zero-order chi connectivity index (χ0) is 9.68. The summed E-state index contributed by atoms with van der Waals surface area (Å²) in [4.78, 5) is 14.3. The van der Waals surface area contributed by atoms with Crippen LogP contribution >= 0.6 is 0 Å². The van der Waals surface area contributed by atoms with Gasteiger partial charge in [-0.25, -0.2) is 0 Å². The Balaban J connectivity index is 2.83. The van der Waals surface area contributed by atoms with Gasteiger partial charge in [0.25, 0.3) is 0 Å². The van der Waals surface area contributed by atoms with Crippen LogP contribution in [0.25, 0.3) is 6.08 Å². The molecule has 2 N–H and O–H groups in total. The highest BCUT2D eigenvalue weighted by atomic mass is 16.5. The molecular weight excluding hydrogens is 168 g/mol. The van der Waals surface area contributed by atoms with Crippen LogP contribution < -0.4 is 10.5 Å². The van der Waals surface area contributed by atoms with E-state index in [0.717, 1.165) is 5.56 Å². The molecule has 0 bridgehead atoms. The number of nitrogens with two attached hydrogens (primary N) is 1. The van der Waals surface area contributed by atoms with Gasteiger partial charge in [0.05, 0.1) is 13.3 Å². The monoisotopic (exact) mass is 178 g/mol. The standard InChI is InChI=1S/C9H10N2O2/c1-13-8-4-7(5-11-6-8)2-3-9(10)12/h2-6H,1H3,(H2,10,12)/b3-2+. The minimum absolute atomic E-state index is 0.484. The molecule has 1 heterocycles. The molecule has 0 saturated carbocycles. The summed E-state index contributed by atoms with van der Waals surface area (Å²) in [6, 6.07) is 1.76. The lowest BCUT2D eigenvalue weighted by molar-refractivity contribution is -0.113. The number of carbonyl (C=O) groups excluding carboxylic acids is 1. The van der Waals surface area contributed by atoms with Gasteiger partial charge in [0, 0.05) is 12.3 Å². The van der Waals surface area contributed by atoms with Gasteiger partial charge in [-0.3, -0.25) is 9.78 Å². The second-order valence-electron chi connectivity index (χ2n) is 2.39. The normalized spacial score (nSPS) is 10.2. The van der Waals surface area contributed by atoms with Gasteiger partial charge in [-0.05, 0) is 17.7 Å². The number of amides is 1. The first-order valence-electron chi connectivity index (χ1n) is 3.69. The van der Waals surface area contributed by atoms with E-state index in [9.17, 15) is 4.79 Å². The van der Waals surface area contributed by atoms with E-state index >= 15 is 0 Å². The fourth-order valence-electron chi connectivity index (χ4n) is 0.817. The first-order valence-corrected chi connectivity index (χ1v) is 3.69. The third-order valence-corrected chi connectivity index (χ3v) is 1.41. The van der Waals surface area contributed by atoms with Crippen LogP contribution in [0.15, 0.2) is 24.5 Å². The fourth-order valence-corrected chi connectivity index (χ4v) is 0.817. The van der Waals surface area contributed by atoms with Crippen molar-refractivity contribution in [2.75, 3.05) is 7.11 Å². The van der Waals surface area contributed by atoms with Gasteiger partial charge in [-0.1, -0.05) is 0 Å². The first-order chi connectivity index (χ1) is 6.22. The molecule has 0 aliphatic rings. The fraction of sp³-hybridized carbons (Fsp3) is 0.111. The minimum atomic E-state index is -0.484. The Morgan fingerprint density at radius 1 is 1.62 bits per heavy atom. The molecule has 0 aromatic carbocycles. The highest BCUT2D eigenvalue weighted by Gasteiger charge is 1.92. The Labute approximate surface area is 76.0 Å². The summed E-state index contributed by atoms with van der Waals surface area (Å²) in [7, 11) is 1.55. The van der Waals surface area contributed by atoms with Crippen LogP contribution in [0.5, 0.6) is 5.75 Å². The lowest BCUT2D eigenvalue weighted by Gasteiger charge is -1.98. The van der Waals surface area contributed by atoms with E-state index in [2.05, 4.69) is 4.98 Å².